The van der Waals surface area contributed by atoms with Gasteiger partial charge in [0.05, 0.1) is 18.8 Å². The van der Waals surface area contributed by atoms with Crippen LogP contribution in [-0.4, -0.2) is 28.0 Å². The first-order valence-corrected chi connectivity index (χ1v) is 4.75. The molecule has 0 bridgehead atoms. The zero-order valence-corrected chi connectivity index (χ0v) is 7.61. The molecule has 4 heteroatoms. The maximum absolute atomic E-state index is 8.88. The lowest BCUT2D eigenvalue weighted by Gasteiger charge is -2.22. The zero-order chi connectivity index (χ0) is 9.10. The molecule has 2 rings (SSSR count). The highest BCUT2D eigenvalue weighted by molar-refractivity contribution is 5.02. The molecule has 1 aromatic heterocycles. The van der Waals surface area contributed by atoms with E-state index in [1.807, 2.05) is 10.9 Å². The van der Waals surface area contributed by atoms with E-state index in [9.17, 15) is 0 Å². The molecular weight excluding hydrogens is 166 g/mol. The fraction of sp³-hybridized carbons (Fsp3) is 0.667. The van der Waals surface area contributed by atoms with Gasteiger partial charge in [0.1, 0.15) is 0 Å². The normalized spacial score (nSPS) is 23.3. The van der Waals surface area contributed by atoms with Gasteiger partial charge in [-0.25, -0.2) is 0 Å². The highest BCUT2D eigenvalue weighted by Crippen LogP contribution is 2.15. The van der Waals surface area contributed by atoms with Crippen LogP contribution in [0.4, 0.5) is 0 Å². The molecule has 1 atom stereocenters. The molecule has 1 fully saturated rings. The highest BCUT2D eigenvalue weighted by atomic mass is 16.3. The number of nitrogens with zero attached hydrogens (tertiary/aromatic N) is 2. The van der Waals surface area contributed by atoms with E-state index < -0.39 is 0 Å². The number of rotatable bonds is 2. The summed E-state index contributed by atoms with van der Waals surface area (Å²) in [6.07, 6.45) is 6.05. The second-order valence-corrected chi connectivity index (χ2v) is 3.49. The number of nitrogens with one attached hydrogen (secondary N) is 1. The minimum atomic E-state index is 0.0835. The minimum absolute atomic E-state index is 0.0835. The van der Waals surface area contributed by atoms with Gasteiger partial charge in [-0.1, -0.05) is 0 Å². The molecule has 13 heavy (non-hydrogen) atoms. The molecule has 2 heterocycles. The molecular formula is C9H15N3O. The third kappa shape index (κ3) is 1.89. The summed E-state index contributed by atoms with van der Waals surface area (Å²) in [4.78, 5) is 0. The Kier molecular flexibility index (Phi) is 2.61. The number of hydrogen-bond acceptors (Lipinski definition) is 3. The number of piperidine rings is 1. The quantitative estimate of drug-likeness (QED) is 0.690. The maximum atomic E-state index is 8.88. The van der Waals surface area contributed by atoms with Gasteiger partial charge in [-0.05, 0) is 19.4 Å². The summed E-state index contributed by atoms with van der Waals surface area (Å²) < 4.78 is 1.96. The van der Waals surface area contributed by atoms with Crippen LogP contribution in [0.5, 0.6) is 0 Å². The number of aliphatic hydroxyl groups is 1. The summed E-state index contributed by atoms with van der Waals surface area (Å²) in [7, 11) is 0. The van der Waals surface area contributed by atoms with Crippen molar-refractivity contribution in [2.75, 3.05) is 13.1 Å². The Bertz CT molecular complexity index is 266. The van der Waals surface area contributed by atoms with Gasteiger partial charge >= 0.3 is 0 Å². The molecule has 1 unspecified atom stereocenters. The lowest BCUT2D eigenvalue weighted by molar-refractivity contribution is 0.281. The zero-order valence-electron chi connectivity index (χ0n) is 7.61. The maximum Gasteiger partial charge on any atom is 0.0712 e. The van der Waals surface area contributed by atoms with Crippen LogP contribution in [0, 0.1) is 0 Å². The molecule has 1 saturated heterocycles. The first-order chi connectivity index (χ1) is 6.40. The molecule has 0 saturated carbocycles. The van der Waals surface area contributed by atoms with E-state index in [-0.39, 0.29) is 6.61 Å². The van der Waals surface area contributed by atoms with Gasteiger partial charge in [0.2, 0.25) is 0 Å². The largest absolute Gasteiger partial charge is 0.392 e. The molecule has 0 aromatic carbocycles. The second-order valence-electron chi connectivity index (χ2n) is 3.49. The monoisotopic (exact) mass is 181 g/mol. The van der Waals surface area contributed by atoms with E-state index in [2.05, 4.69) is 10.4 Å². The fourth-order valence-corrected chi connectivity index (χ4v) is 1.72. The summed E-state index contributed by atoms with van der Waals surface area (Å²) in [6, 6.07) is 0.467. The average molecular weight is 181 g/mol. The first-order valence-electron chi connectivity index (χ1n) is 4.75. The molecule has 1 aliphatic rings. The molecule has 0 aliphatic carbocycles. The summed E-state index contributed by atoms with van der Waals surface area (Å²) in [6.45, 7) is 2.19. The van der Waals surface area contributed by atoms with Crippen LogP contribution in [0.1, 0.15) is 24.4 Å². The second kappa shape index (κ2) is 3.89. The number of aromatic nitrogens is 2. The molecule has 0 amide bonds. The summed E-state index contributed by atoms with van der Waals surface area (Å²) in [5.41, 5.74) is 0.894. The van der Waals surface area contributed by atoms with E-state index in [1.54, 1.807) is 6.20 Å². The van der Waals surface area contributed by atoms with Crippen molar-refractivity contribution in [3.05, 3.63) is 18.0 Å². The number of hydrogen-bond donors (Lipinski definition) is 2. The van der Waals surface area contributed by atoms with Gasteiger partial charge in [-0.3, -0.25) is 4.68 Å². The highest BCUT2D eigenvalue weighted by Gasteiger charge is 2.15. The third-order valence-electron chi connectivity index (χ3n) is 2.48. The van der Waals surface area contributed by atoms with Crippen LogP contribution >= 0.6 is 0 Å². The Morgan fingerprint density at radius 2 is 2.62 bits per heavy atom. The molecule has 72 valence electrons. The Labute approximate surface area is 77.6 Å². The summed E-state index contributed by atoms with van der Waals surface area (Å²) in [5, 5.41) is 16.4. The third-order valence-corrected chi connectivity index (χ3v) is 2.48. The van der Waals surface area contributed by atoms with Gasteiger partial charge in [0.25, 0.3) is 0 Å². The van der Waals surface area contributed by atoms with Crippen LogP contribution < -0.4 is 5.32 Å². The van der Waals surface area contributed by atoms with Gasteiger partial charge in [-0.2, -0.15) is 5.10 Å². The molecule has 1 aromatic rings. The lowest BCUT2D eigenvalue weighted by atomic mass is 10.1. The van der Waals surface area contributed by atoms with E-state index in [4.69, 9.17) is 5.11 Å². The predicted molar refractivity (Wildman–Crippen MR) is 49.3 cm³/mol. The van der Waals surface area contributed by atoms with E-state index in [1.165, 1.54) is 12.8 Å². The Balaban J connectivity index is 2.05. The van der Waals surface area contributed by atoms with Crippen LogP contribution in [0.25, 0.3) is 0 Å². The van der Waals surface area contributed by atoms with Crippen molar-refractivity contribution in [1.29, 1.82) is 0 Å². The number of aliphatic hydroxyl groups excluding tert-OH is 1. The lowest BCUT2D eigenvalue weighted by Crippen LogP contribution is -2.31. The Hall–Kier alpha value is -0.870. The van der Waals surface area contributed by atoms with Crippen LogP contribution in [0.15, 0.2) is 12.4 Å². The Morgan fingerprint density at radius 3 is 3.23 bits per heavy atom. The molecule has 1 aliphatic heterocycles. The van der Waals surface area contributed by atoms with Crippen molar-refractivity contribution >= 4 is 0 Å². The van der Waals surface area contributed by atoms with Gasteiger partial charge in [-0.15, -0.1) is 0 Å². The Morgan fingerprint density at radius 1 is 1.69 bits per heavy atom. The van der Waals surface area contributed by atoms with Gasteiger partial charge < -0.3 is 10.4 Å². The molecule has 4 nitrogen and oxygen atoms in total. The van der Waals surface area contributed by atoms with Gasteiger partial charge in [0, 0.05) is 18.3 Å². The van der Waals surface area contributed by atoms with Crippen LogP contribution in [0.3, 0.4) is 0 Å². The van der Waals surface area contributed by atoms with Crippen LogP contribution in [0.2, 0.25) is 0 Å². The van der Waals surface area contributed by atoms with Crippen molar-refractivity contribution in [2.45, 2.75) is 25.5 Å². The first kappa shape index (κ1) is 8.72. The van der Waals surface area contributed by atoms with Gasteiger partial charge in [0.15, 0.2) is 0 Å². The SMILES string of the molecule is OCc1cnn(C2CCCNC2)c1. The van der Waals surface area contributed by atoms with Crippen molar-refractivity contribution in [3.8, 4) is 0 Å². The molecule has 2 N–H and O–H groups in total. The predicted octanol–water partition coefficient (Wildman–Crippen LogP) is 0.300. The topological polar surface area (TPSA) is 50.1 Å². The summed E-state index contributed by atoms with van der Waals surface area (Å²) in [5.74, 6) is 0. The van der Waals surface area contributed by atoms with E-state index in [0.717, 1.165) is 18.7 Å². The van der Waals surface area contributed by atoms with Crippen molar-refractivity contribution < 1.29 is 5.11 Å². The smallest absolute Gasteiger partial charge is 0.0712 e. The summed E-state index contributed by atoms with van der Waals surface area (Å²) >= 11 is 0. The molecule has 0 radical (unpaired) electrons. The van der Waals surface area contributed by atoms with Crippen molar-refractivity contribution in [2.24, 2.45) is 0 Å². The van der Waals surface area contributed by atoms with Crippen molar-refractivity contribution in [1.82, 2.24) is 15.1 Å². The van der Waals surface area contributed by atoms with Crippen LogP contribution in [-0.2, 0) is 6.61 Å². The fourth-order valence-electron chi connectivity index (χ4n) is 1.72. The van der Waals surface area contributed by atoms with E-state index >= 15 is 0 Å². The minimum Gasteiger partial charge on any atom is -0.392 e. The van der Waals surface area contributed by atoms with Crippen molar-refractivity contribution in [3.63, 3.8) is 0 Å². The molecule has 0 spiro atoms. The average Bonchev–Trinajstić information content (AvgIpc) is 2.67. The standard InChI is InChI=1S/C9H15N3O/c13-7-8-4-11-12(6-8)9-2-1-3-10-5-9/h4,6,9-10,13H,1-3,5,7H2. The van der Waals surface area contributed by atoms with E-state index in [0.29, 0.717) is 6.04 Å².